The average Bonchev–Trinajstić information content (AvgIpc) is 3.02. The molecule has 0 bridgehead atoms. The minimum atomic E-state index is -0.229. The predicted octanol–water partition coefficient (Wildman–Crippen LogP) is 2.57. The molecular weight excluding hydrogens is 290 g/mol. The second-order valence-electron chi connectivity index (χ2n) is 4.23. The molecule has 0 spiro atoms. The first-order valence-corrected chi connectivity index (χ1v) is 6.51. The number of hydrogen-bond donors (Lipinski definition) is 1. The largest absolute Gasteiger partial charge is 0.320 e. The molecular formula is C14H10ClN5O. The van der Waals surface area contributed by atoms with Crippen LogP contribution in [0.5, 0.6) is 0 Å². The van der Waals surface area contributed by atoms with Crippen molar-refractivity contribution in [3.63, 3.8) is 0 Å². The third-order valence-electron chi connectivity index (χ3n) is 2.85. The summed E-state index contributed by atoms with van der Waals surface area (Å²) in [7, 11) is 0. The summed E-state index contributed by atoms with van der Waals surface area (Å²) in [4.78, 5) is 12.2. The molecule has 3 aromatic rings. The maximum Gasteiger partial charge on any atom is 0.255 e. The first kappa shape index (κ1) is 13.3. The molecule has 1 amide bonds. The van der Waals surface area contributed by atoms with Crippen molar-refractivity contribution in [1.29, 1.82) is 0 Å². The van der Waals surface area contributed by atoms with E-state index in [0.717, 1.165) is 0 Å². The number of aromatic nitrogens is 4. The summed E-state index contributed by atoms with van der Waals surface area (Å²) >= 11 is 5.81. The number of halogens is 1. The van der Waals surface area contributed by atoms with E-state index >= 15 is 0 Å². The normalized spacial score (nSPS) is 10.3. The Morgan fingerprint density at radius 2 is 1.86 bits per heavy atom. The van der Waals surface area contributed by atoms with Gasteiger partial charge in [0, 0.05) is 10.6 Å². The molecule has 6 nitrogen and oxygen atoms in total. The van der Waals surface area contributed by atoms with Gasteiger partial charge in [-0.25, -0.2) is 0 Å². The van der Waals surface area contributed by atoms with Crippen molar-refractivity contribution in [2.24, 2.45) is 0 Å². The van der Waals surface area contributed by atoms with Gasteiger partial charge in [0.05, 0.1) is 11.4 Å². The summed E-state index contributed by atoms with van der Waals surface area (Å²) < 4.78 is 1.48. The molecule has 1 aromatic heterocycles. The second-order valence-corrected chi connectivity index (χ2v) is 4.67. The molecule has 0 radical (unpaired) electrons. The molecule has 0 unspecified atom stereocenters. The van der Waals surface area contributed by atoms with Crippen LogP contribution in [0.25, 0.3) is 5.69 Å². The highest BCUT2D eigenvalue weighted by atomic mass is 35.5. The first-order valence-electron chi connectivity index (χ1n) is 6.13. The molecule has 0 aliphatic heterocycles. The lowest BCUT2D eigenvalue weighted by Gasteiger charge is -2.10. The van der Waals surface area contributed by atoms with E-state index in [2.05, 4.69) is 20.8 Å². The molecule has 3 rings (SSSR count). The molecule has 1 heterocycles. The zero-order valence-corrected chi connectivity index (χ0v) is 11.5. The van der Waals surface area contributed by atoms with Crippen molar-refractivity contribution in [1.82, 2.24) is 20.2 Å². The lowest BCUT2D eigenvalue weighted by Crippen LogP contribution is -2.13. The highest BCUT2D eigenvalue weighted by Gasteiger charge is 2.10. The molecule has 0 aliphatic rings. The number of benzene rings is 2. The zero-order chi connectivity index (χ0) is 14.7. The predicted molar refractivity (Wildman–Crippen MR) is 78.6 cm³/mol. The Balaban J connectivity index is 1.88. The number of hydrogen-bond acceptors (Lipinski definition) is 4. The van der Waals surface area contributed by atoms with Gasteiger partial charge in [-0.3, -0.25) is 4.79 Å². The van der Waals surface area contributed by atoms with Crippen molar-refractivity contribution < 1.29 is 4.79 Å². The van der Waals surface area contributed by atoms with Crippen LogP contribution < -0.4 is 5.32 Å². The van der Waals surface area contributed by atoms with Crippen LogP contribution in [0.1, 0.15) is 10.4 Å². The van der Waals surface area contributed by atoms with Crippen LogP contribution in [-0.2, 0) is 0 Å². The van der Waals surface area contributed by atoms with Crippen molar-refractivity contribution >= 4 is 23.2 Å². The number of rotatable bonds is 3. The van der Waals surface area contributed by atoms with Crippen LogP contribution in [0.4, 0.5) is 5.69 Å². The average molecular weight is 300 g/mol. The summed E-state index contributed by atoms with van der Waals surface area (Å²) in [5.41, 5.74) is 1.82. The van der Waals surface area contributed by atoms with Gasteiger partial charge >= 0.3 is 0 Å². The van der Waals surface area contributed by atoms with Crippen LogP contribution in [0.2, 0.25) is 5.02 Å². The van der Waals surface area contributed by atoms with Crippen LogP contribution in [0, 0.1) is 0 Å². The van der Waals surface area contributed by atoms with Crippen molar-refractivity contribution in [3.8, 4) is 5.69 Å². The van der Waals surface area contributed by atoms with Crippen LogP contribution >= 0.6 is 11.6 Å². The second kappa shape index (κ2) is 5.72. The standard InChI is InChI=1S/C14H10ClN5O/c15-11-7-5-10(6-8-11)14(21)17-12-3-1-2-4-13(12)20-9-16-18-19-20/h1-9H,(H,17,21). The Kier molecular flexibility index (Phi) is 3.61. The molecule has 104 valence electrons. The summed E-state index contributed by atoms with van der Waals surface area (Å²) in [6, 6.07) is 13.9. The Morgan fingerprint density at radius 3 is 2.57 bits per heavy atom. The summed E-state index contributed by atoms with van der Waals surface area (Å²) in [6.45, 7) is 0. The number of nitrogens with one attached hydrogen (secondary N) is 1. The zero-order valence-electron chi connectivity index (χ0n) is 10.8. The van der Waals surface area contributed by atoms with Crippen LogP contribution in [-0.4, -0.2) is 26.1 Å². The van der Waals surface area contributed by atoms with Gasteiger partial charge in [0.2, 0.25) is 0 Å². The number of para-hydroxylation sites is 2. The van der Waals surface area contributed by atoms with Crippen molar-refractivity contribution in [3.05, 3.63) is 65.4 Å². The van der Waals surface area contributed by atoms with Gasteiger partial charge in [0.15, 0.2) is 0 Å². The highest BCUT2D eigenvalue weighted by molar-refractivity contribution is 6.30. The van der Waals surface area contributed by atoms with Gasteiger partial charge < -0.3 is 5.32 Å². The van der Waals surface area contributed by atoms with Crippen molar-refractivity contribution in [2.75, 3.05) is 5.32 Å². The van der Waals surface area contributed by atoms with E-state index in [4.69, 9.17) is 11.6 Å². The lowest BCUT2D eigenvalue weighted by molar-refractivity contribution is 0.102. The minimum Gasteiger partial charge on any atom is -0.320 e. The molecule has 0 saturated heterocycles. The van der Waals surface area contributed by atoms with Crippen LogP contribution in [0.15, 0.2) is 54.9 Å². The van der Waals surface area contributed by atoms with E-state index in [1.54, 1.807) is 30.3 Å². The van der Waals surface area contributed by atoms with Gasteiger partial charge in [0.25, 0.3) is 5.91 Å². The molecule has 2 aromatic carbocycles. The maximum absolute atomic E-state index is 12.2. The minimum absolute atomic E-state index is 0.229. The molecule has 1 N–H and O–H groups in total. The highest BCUT2D eigenvalue weighted by Crippen LogP contribution is 2.19. The Hall–Kier alpha value is -2.73. The molecule has 7 heteroatoms. The van der Waals surface area contributed by atoms with Gasteiger partial charge in [-0.15, -0.1) is 5.10 Å². The molecule has 21 heavy (non-hydrogen) atoms. The van der Waals surface area contributed by atoms with Gasteiger partial charge in [-0.05, 0) is 46.8 Å². The SMILES string of the molecule is O=C(Nc1ccccc1-n1cnnn1)c1ccc(Cl)cc1. The van der Waals surface area contributed by atoms with E-state index in [1.165, 1.54) is 11.0 Å². The fourth-order valence-corrected chi connectivity index (χ4v) is 1.97. The van der Waals surface area contributed by atoms with Crippen LogP contribution in [0.3, 0.4) is 0 Å². The Labute approximate surface area is 125 Å². The van der Waals surface area contributed by atoms with E-state index < -0.39 is 0 Å². The number of nitrogens with zero attached hydrogens (tertiary/aromatic N) is 4. The maximum atomic E-state index is 12.2. The molecule has 0 fully saturated rings. The molecule has 0 aliphatic carbocycles. The summed E-state index contributed by atoms with van der Waals surface area (Å²) in [5, 5.41) is 14.4. The third kappa shape index (κ3) is 2.90. The molecule has 0 atom stereocenters. The van der Waals surface area contributed by atoms with Gasteiger partial charge in [-0.2, -0.15) is 4.68 Å². The summed E-state index contributed by atoms with van der Waals surface area (Å²) in [5.74, 6) is -0.229. The van der Waals surface area contributed by atoms with E-state index in [1.807, 2.05) is 18.2 Å². The fraction of sp³-hybridized carbons (Fsp3) is 0. The number of carbonyl (C=O) groups is 1. The number of carbonyl (C=O) groups excluding carboxylic acids is 1. The topological polar surface area (TPSA) is 72.7 Å². The van der Waals surface area contributed by atoms with Gasteiger partial charge in [-0.1, -0.05) is 23.7 Å². The van der Waals surface area contributed by atoms with Gasteiger partial charge in [0.1, 0.15) is 6.33 Å². The number of tetrazole rings is 1. The van der Waals surface area contributed by atoms with E-state index in [-0.39, 0.29) is 5.91 Å². The quantitative estimate of drug-likeness (QED) is 0.806. The summed E-state index contributed by atoms with van der Waals surface area (Å²) in [6.07, 6.45) is 1.47. The number of anilines is 1. The lowest BCUT2D eigenvalue weighted by atomic mass is 10.2. The fourth-order valence-electron chi connectivity index (χ4n) is 1.85. The van der Waals surface area contributed by atoms with E-state index in [0.29, 0.717) is 22.0 Å². The Morgan fingerprint density at radius 1 is 1.10 bits per heavy atom. The van der Waals surface area contributed by atoms with E-state index in [9.17, 15) is 4.79 Å². The number of amides is 1. The third-order valence-corrected chi connectivity index (χ3v) is 3.11. The monoisotopic (exact) mass is 299 g/mol. The smallest absolute Gasteiger partial charge is 0.255 e. The first-order chi connectivity index (χ1) is 10.2. The Bertz CT molecular complexity index is 755. The molecule has 0 saturated carbocycles. The van der Waals surface area contributed by atoms with Crippen molar-refractivity contribution in [2.45, 2.75) is 0 Å².